The van der Waals surface area contributed by atoms with Gasteiger partial charge in [-0.25, -0.2) is 0 Å². The molecule has 23 heavy (non-hydrogen) atoms. The van der Waals surface area contributed by atoms with Gasteiger partial charge in [-0.05, 0) is 29.5 Å². The zero-order valence-electron chi connectivity index (χ0n) is 13.9. The molecule has 0 fully saturated rings. The zero-order valence-corrected chi connectivity index (χ0v) is 13.9. The van der Waals surface area contributed by atoms with Crippen molar-refractivity contribution in [3.8, 4) is 0 Å². The molecule has 3 N–H and O–H groups in total. The van der Waals surface area contributed by atoms with Crippen LogP contribution in [0.2, 0.25) is 0 Å². The Balaban J connectivity index is 1.86. The first-order chi connectivity index (χ1) is 10.9. The van der Waals surface area contributed by atoms with Gasteiger partial charge in [-0.15, -0.1) is 0 Å². The molecule has 0 aromatic heterocycles. The van der Waals surface area contributed by atoms with Gasteiger partial charge in [0.2, 0.25) is 0 Å². The summed E-state index contributed by atoms with van der Waals surface area (Å²) in [6.07, 6.45) is 0.129. The third-order valence-corrected chi connectivity index (χ3v) is 3.95. The summed E-state index contributed by atoms with van der Waals surface area (Å²) in [4.78, 5) is 25.4. The normalized spacial score (nSPS) is 14.6. The molecule has 2 rings (SSSR count). The Labute approximate surface area is 136 Å². The molecule has 0 saturated carbocycles. The van der Waals surface area contributed by atoms with Crippen molar-refractivity contribution in [3.63, 3.8) is 0 Å². The van der Waals surface area contributed by atoms with Gasteiger partial charge in [-0.3, -0.25) is 9.59 Å². The van der Waals surface area contributed by atoms with Crippen LogP contribution in [-0.4, -0.2) is 43.6 Å². The fourth-order valence-electron chi connectivity index (χ4n) is 2.56. The lowest BCUT2D eigenvalue weighted by Crippen LogP contribution is -2.42. The molecule has 126 valence electrons. The number of likely N-dealkylation sites (N-methyl/N-ethyl adjacent to an activating group) is 1. The Hall–Kier alpha value is -2.08. The van der Waals surface area contributed by atoms with Gasteiger partial charge in [-0.2, -0.15) is 0 Å². The third-order valence-electron chi connectivity index (χ3n) is 3.95. The van der Waals surface area contributed by atoms with Gasteiger partial charge in [0.25, 0.3) is 0 Å². The lowest BCUT2D eigenvalue weighted by Gasteiger charge is -2.15. The van der Waals surface area contributed by atoms with E-state index in [4.69, 9.17) is 0 Å². The molecule has 6 heteroatoms. The summed E-state index contributed by atoms with van der Waals surface area (Å²) in [5.74, 6) is -1.10. The molecule has 1 aromatic rings. The molecular weight excluding hydrogens is 294 g/mol. The first-order valence-corrected chi connectivity index (χ1v) is 7.96. The lowest BCUT2D eigenvalue weighted by atomic mass is 10.0. The predicted octanol–water partition coefficient (Wildman–Crippen LogP) is 0.601. The Morgan fingerprint density at radius 1 is 1.22 bits per heavy atom. The Kier molecular flexibility index (Phi) is 5.60. The first kappa shape index (κ1) is 17.3. The summed E-state index contributed by atoms with van der Waals surface area (Å²) in [7, 11) is 2.04. The molecule has 0 saturated heterocycles. The van der Waals surface area contributed by atoms with Crippen LogP contribution in [0.15, 0.2) is 18.2 Å². The molecule has 1 aliphatic heterocycles. The van der Waals surface area contributed by atoms with Gasteiger partial charge < -0.3 is 20.6 Å². The lowest BCUT2D eigenvalue weighted by molar-refractivity contribution is -0.139. The fraction of sp³-hybridized carbons (Fsp3) is 0.529. The number of aliphatic hydroxyl groups excluding tert-OH is 1. The highest BCUT2D eigenvalue weighted by Crippen LogP contribution is 2.29. The van der Waals surface area contributed by atoms with Crippen molar-refractivity contribution in [3.05, 3.63) is 29.3 Å². The molecule has 1 unspecified atom stereocenters. The monoisotopic (exact) mass is 319 g/mol. The summed E-state index contributed by atoms with van der Waals surface area (Å²) < 4.78 is 0. The average Bonchev–Trinajstić information content (AvgIpc) is 2.90. The second-order valence-electron chi connectivity index (χ2n) is 6.39. The Bertz CT molecular complexity index is 586. The van der Waals surface area contributed by atoms with Gasteiger partial charge in [0, 0.05) is 32.4 Å². The number of benzene rings is 1. The van der Waals surface area contributed by atoms with Crippen molar-refractivity contribution < 1.29 is 14.7 Å². The van der Waals surface area contributed by atoms with Crippen LogP contribution in [0.4, 0.5) is 5.69 Å². The van der Waals surface area contributed by atoms with E-state index in [1.165, 1.54) is 11.3 Å². The largest absolute Gasteiger partial charge is 0.387 e. The Morgan fingerprint density at radius 3 is 2.52 bits per heavy atom. The van der Waals surface area contributed by atoms with E-state index in [1.54, 1.807) is 0 Å². The highest BCUT2D eigenvalue weighted by atomic mass is 16.3. The van der Waals surface area contributed by atoms with E-state index in [9.17, 15) is 14.7 Å². The molecule has 0 aliphatic carbocycles. The Morgan fingerprint density at radius 2 is 1.87 bits per heavy atom. The zero-order chi connectivity index (χ0) is 17.0. The van der Waals surface area contributed by atoms with E-state index >= 15 is 0 Å². The number of hydrogen-bond acceptors (Lipinski definition) is 4. The second kappa shape index (κ2) is 7.46. The predicted molar refractivity (Wildman–Crippen MR) is 89.2 cm³/mol. The minimum absolute atomic E-state index is 0.0164. The highest BCUT2D eigenvalue weighted by Gasteiger charge is 2.19. The quantitative estimate of drug-likeness (QED) is 0.694. The summed E-state index contributed by atoms with van der Waals surface area (Å²) in [5, 5.41) is 15.2. The van der Waals surface area contributed by atoms with Crippen molar-refractivity contribution in [2.24, 2.45) is 5.92 Å². The number of fused-ring (bicyclic) bond motifs is 1. The number of carbonyl (C=O) groups is 2. The van der Waals surface area contributed by atoms with Gasteiger partial charge in [0.1, 0.15) is 0 Å². The number of anilines is 1. The highest BCUT2D eigenvalue weighted by molar-refractivity contribution is 6.35. The molecule has 2 amide bonds. The van der Waals surface area contributed by atoms with Gasteiger partial charge in [0.15, 0.2) is 0 Å². The van der Waals surface area contributed by atoms with E-state index < -0.39 is 17.9 Å². The number of nitrogens with one attached hydrogen (secondary N) is 2. The van der Waals surface area contributed by atoms with Crippen molar-refractivity contribution in [1.82, 2.24) is 10.6 Å². The summed E-state index contributed by atoms with van der Waals surface area (Å²) in [6.45, 7) is 5.35. The second-order valence-corrected chi connectivity index (χ2v) is 6.39. The minimum atomic E-state index is -0.826. The van der Waals surface area contributed by atoms with Crippen LogP contribution in [0.3, 0.4) is 0 Å². The van der Waals surface area contributed by atoms with Crippen LogP contribution >= 0.6 is 0 Å². The summed E-state index contributed by atoms with van der Waals surface area (Å²) in [6, 6.07) is 5.81. The van der Waals surface area contributed by atoms with Crippen LogP contribution in [0.25, 0.3) is 0 Å². The van der Waals surface area contributed by atoms with Crippen molar-refractivity contribution in [2.45, 2.75) is 26.4 Å². The molecule has 1 atom stereocenters. The maximum atomic E-state index is 11.7. The number of nitrogens with zero attached hydrogens (tertiary/aromatic N) is 1. The van der Waals surface area contributed by atoms with Gasteiger partial charge in [-0.1, -0.05) is 26.0 Å². The maximum absolute atomic E-state index is 11.7. The molecule has 0 radical (unpaired) electrons. The molecule has 6 nitrogen and oxygen atoms in total. The van der Waals surface area contributed by atoms with E-state index in [1.807, 2.05) is 39.1 Å². The van der Waals surface area contributed by atoms with Crippen LogP contribution in [0, 0.1) is 5.92 Å². The number of rotatable bonds is 5. The van der Waals surface area contributed by atoms with Crippen LogP contribution in [0.1, 0.15) is 31.1 Å². The van der Waals surface area contributed by atoms with Gasteiger partial charge >= 0.3 is 11.8 Å². The van der Waals surface area contributed by atoms with Crippen molar-refractivity contribution in [2.75, 3.05) is 31.6 Å². The van der Waals surface area contributed by atoms with Crippen LogP contribution in [0.5, 0.6) is 0 Å². The van der Waals surface area contributed by atoms with E-state index in [2.05, 4.69) is 15.5 Å². The van der Waals surface area contributed by atoms with E-state index in [0.717, 1.165) is 18.5 Å². The summed E-state index contributed by atoms with van der Waals surface area (Å²) in [5.41, 5.74) is 3.13. The number of aliphatic hydroxyl groups is 1. The first-order valence-electron chi connectivity index (χ1n) is 7.96. The molecule has 1 heterocycles. The molecule has 1 aliphatic rings. The summed E-state index contributed by atoms with van der Waals surface area (Å²) >= 11 is 0. The third kappa shape index (κ3) is 4.45. The average molecular weight is 319 g/mol. The number of amides is 2. The molecule has 0 bridgehead atoms. The molecule has 0 spiro atoms. The smallest absolute Gasteiger partial charge is 0.309 e. The van der Waals surface area contributed by atoms with Gasteiger partial charge in [0.05, 0.1) is 6.10 Å². The van der Waals surface area contributed by atoms with Crippen LogP contribution < -0.4 is 15.5 Å². The number of hydrogen-bond donors (Lipinski definition) is 3. The SMILES string of the molecule is CC(C)CNC(=O)C(=O)NCC(O)c1ccc2c(c1)CCN2C. The molecular formula is C17H25N3O3. The topological polar surface area (TPSA) is 81.7 Å². The van der Waals surface area contributed by atoms with Crippen molar-refractivity contribution in [1.29, 1.82) is 0 Å². The maximum Gasteiger partial charge on any atom is 0.309 e. The standard InChI is InChI=1S/C17H25N3O3/c1-11(2)9-18-16(22)17(23)19-10-15(21)13-4-5-14-12(8-13)6-7-20(14)3/h4-5,8,11,15,21H,6-7,9-10H2,1-3H3,(H,18,22)(H,19,23). The van der Waals surface area contributed by atoms with E-state index in [-0.39, 0.29) is 12.5 Å². The van der Waals surface area contributed by atoms with E-state index in [0.29, 0.717) is 6.54 Å². The number of carbonyl (C=O) groups excluding carboxylic acids is 2. The van der Waals surface area contributed by atoms with Crippen LogP contribution in [-0.2, 0) is 16.0 Å². The fourth-order valence-corrected chi connectivity index (χ4v) is 2.56. The van der Waals surface area contributed by atoms with Crippen molar-refractivity contribution >= 4 is 17.5 Å². The minimum Gasteiger partial charge on any atom is -0.387 e. The molecule has 1 aromatic carbocycles.